The molecular weight excluding hydrogens is 190 g/mol. The predicted octanol–water partition coefficient (Wildman–Crippen LogP) is 1.37. The Morgan fingerprint density at radius 3 is 3.08 bits per heavy atom. The fraction of sp³-hybridized carbons (Fsp3) is 0.111. The van der Waals surface area contributed by atoms with Gasteiger partial charge in [-0.05, 0) is 12.1 Å². The van der Waals surface area contributed by atoms with E-state index in [9.17, 15) is 4.79 Å². The van der Waals surface area contributed by atoms with Gasteiger partial charge in [0.25, 0.3) is 0 Å². The van der Waals surface area contributed by atoms with Crippen molar-refractivity contribution < 1.29 is 9.90 Å². The second-order valence-electron chi connectivity index (χ2n) is 2.17. The molecule has 0 bridgehead atoms. The summed E-state index contributed by atoms with van der Waals surface area (Å²) in [7, 11) is 0. The molecule has 0 saturated carbocycles. The van der Waals surface area contributed by atoms with Crippen LogP contribution in [0.5, 0.6) is 0 Å². The lowest BCUT2D eigenvalue weighted by atomic mass is 10.2. The van der Waals surface area contributed by atoms with Crippen molar-refractivity contribution in [3.63, 3.8) is 0 Å². The highest BCUT2D eigenvalue weighted by atomic mass is 35.5. The lowest BCUT2D eigenvalue weighted by Gasteiger charge is -1.92. The van der Waals surface area contributed by atoms with Gasteiger partial charge in [0.1, 0.15) is 5.69 Å². The zero-order valence-corrected chi connectivity index (χ0v) is 7.38. The van der Waals surface area contributed by atoms with Gasteiger partial charge in [-0.1, -0.05) is 11.8 Å². The van der Waals surface area contributed by atoms with Gasteiger partial charge in [0.15, 0.2) is 0 Å². The molecule has 0 radical (unpaired) electrons. The Labute approximate surface area is 80.4 Å². The molecule has 4 heteroatoms. The van der Waals surface area contributed by atoms with Crippen LogP contribution < -0.4 is 0 Å². The number of hydrogen-bond donors (Lipinski definition) is 1. The van der Waals surface area contributed by atoms with E-state index in [4.69, 9.17) is 16.7 Å². The van der Waals surface area contributed by atoms with Gasteiger partial charge < -0.3 is 5.11 Å². The molecule has 0 unspecified atom stereocenters. The summed E-state index contributed by atoms with van der Waals surface area (Å²) < 4.78 is 0. The van der Waals surface area contributed by atoms with E-state index in [0.29, 0.717) is 5.56 Å². The van der Waals surface area contributed by atoms with E-state index >= 15 is 0 Å². The van der Waals surface area contributed by atoms with Gasteiger partial charge in [0.05, 0.1) is 5.88 Å². The first kappa shape index (κ1) is 9.56. The monoisotopic (exact) mass is 195 g/mol. The average molecular weight is 196 g/mol. The fourth-order valence-electron chi connectivity index (χ4n) is 0.761. The van der Waals surface area contributed by atoms with Crippen molar-refractivity contribution in [3.05, 3.63) is 29.6 Å². The van der Waals surface area contributed by atoms with E-state index < -0.39 is 5.97 Å². The number of aromatic carboxylic acids is 1. The van der Waals surface area contributed by atoms with Crippen molar-refractivity contribution in [1.29, 1.82) is 0 Å². The highest BCUT2D eigenvalue weighted by Gasteiger charge is 2.02. The maximum atomic E-state index is 10.5. The number of aromatic nitrogens is 1. The van der Waals surface area contributed by atoms with Gasteiger partial charge in [-0.3, -0.25) is 0 Å². The van der Waals surface area contributed by atoms with Crippen LogP contribution in [0.2, 0.25) is 0 Å². The SMILES string of the molecule is O=C(O)c1cc(C#CCCl)ccn1. The van der Waals surface area contributed by atoms with E-state index in [1.54, 1.807) is 6.07 Å². The number of hydrogen-bond acceptors (Lipinski definition) is 2. The maximum Gasteiger partial charge on any atom is 0.354 e. The standard InChI is InChI=1S/C9H6ClNO2/c10-4-1-2-7-3-5-11-8(6-7)9(12)13/h3,5-6H,4H2,(H,12,13). The first-order chi connectivity index (χ1) is 6.24. The highest BCUT2D eigenvalue weighted by Crippen LogP contribution is 1.99. The molecule has 13 heavy (non-hydrogen) atoms. The largest absolute Gasteiger partial charge is 0.477 e. The van der Waals surface area contributed by atoms with Crippen LogP contribution in [-0.4, -0.2) is 21.9 Å². The molecule has 1 rings (SSSR count). The molecule has 1 aromatic rings. The number of carboxylic acid groups (broad SMARTS) is 1. The topological polar surface area (TPSA) is 50.2 Å². The summed E-state index contributed by atoms with van der Waals surface area (Å²) in [5.74, 6) is 4.50. The van der Waals surface area contributed by atoms with E-state index in [-0.39, 0.29) is 11.6 Å². The Morgan fingerprint density at radius 1 is 1.69 bits per heavy atom. The molecule has 0 saturated heterocycles. The maximum absolute atomic E-state index is 10.5. The molecule has 0 aliphatic carbocycles. The zero-order chi connectivity index (χ0) is 9.68. The third kappa shape index (κ3) is 2.77. The van der Waals surface area contributed by atoms with Gasteiger partial charge in [-0.25, -0.2) is 9.78 Å². The van der Waals surface area contributed by atoms with Crippen LogP contribution in [0.15, 0.2) is 18.3 Å². The number of rotatable bonds is 1. The van der Waals surface area contributed by atoms with E-state index in [1.807, 2.05) is 0 Å². The third-order valence-corrected chi connectivity index (χ3v) is 1.41. The first-order valence-electron chi connectivity index (χ1n) is 3.48. The molecule has 0 aliphatic heterocycles. The van der Waals surface area contributed by atoms with Gasteiger partial charge >= 0.3 is 5.97 Å². The van der Waals surface area contributed by atoms with Crippen LogP contribution in [0.3, 0.4) is 0 Å². The molecule has 66 valence electrons. The zero-order valence-electron chi connectivity index (χ0n) is 6.62. The van der Waals surface area contributed by atoms with E-state index in [2.05, 4.69) is 16.8 Å². The number of pyridine rings is 1. The van der Waals surface area contributed by atoms with Crippen molar-refractivity contribution in [2.45, 2.75) is 0 Å². The van der Waals surface area contributed by atoms with Gasteiger partial charge in [-0.15, -0.1) is 11.6 Å². The Bertz CT molecular complexity index is 379. The minimum Gasteiger partial charge on any atom is -0.477 e. The van der Waals surface area contributed by atoms with Crippen LogP contribution in [0.25, 0.3) is 0 Å². The summed E-state index contributed by atoms with van der Waals surface area (Å²) in [4.78, 5) is 14.1. The highest BCUT2D eigenvalue weighted by molar-refractivity contribution is 6.19. The summed E-state index contributed by atoms with van der Waals surface area (Å²) >= 11 is 5.35. The second kappa shape index (κ2) is 4.48. The summed E-state index contributed by atoms with van der Waals surface area (Å²) in [6.07, 6.45) is 1.40. The third-order valence-electron chi connectivity index (χ3n) is 1.28. The van der Waals surface area contributed by atoms with Crippen molar-refractivity contribution in [1.82, 2.24) is 4.98 Å². The van der Waals surface area contributed by atoms with Crippen molar-refractivity contribution >= 4 is 17.6 Å². The van der Waals surface area contributed by atoms with Gasteiger partial charge in [0.2, 0.25) is 0 Å². The number of carboxylic acids is 1. The quantitative estimate of drug-likeness (QED) is 0.544. The van der Waals surface area contributed by atoms with Gasteiger partial charge in [-0.2, -0.15) is 0 Å². The lowest BCUT2D eigenvalue weighted by molar-refractivity contribution is 0.0690. The molecule has 0 amide bonds. The van der Waals surface area contributed by atoms with Crippen LogP contribution in [0.1, 0.15) is 16.1 Å². The first-order valence-corrected chi connectivity index (χ1v) is 4.01. The minimum atomic E-state index is -1.06. The van der Waals surface area contributed by atoms with Crippen molar-refractivity contribution in [2.24, 2.45) is 0 Å². The van der Waals surface area contributed by atoms with Crippen LogP contribution in [0, 0.1) is 11.8 Å². The molecular formula is C9H6ClNO2. The second-order valence-corrected chi connectivity index (χ2v) is 2.44. The number of alkyl halides is 1. The molecule has 0 aliphatic rings. The summed E-state index contributed by atoms with van der Waals surface area (Å²) in [5.41, 5.74) is 0.592. The number of nitrogens with zero attached hydrogens (tertiary/aromatic N) is 1. The number of halogens is 1. The minimum absolute atomic E-state index is 0.0126. The van der Waals surface area contributed by atoms with Crippen molar-refractivity contribution in [3.8, 4) is 11.8 Å². The fourth-order valence-corrected chi connectivity index (χ4v) is 0.828. The molecule has 1 N–H and O–H groups in total. The Kier molecular flexibility index (Phi) is 3.30. The molecule has 0 fully saturated rings. The molecule has 0 aromatic carbocycles. The lowest BCUT2D eigenvalue weighted by Crippen LogP contribution is -1.99. The Hall–Kier alpha value is -1.53. The van der Waals surface area contributed by atoms with Crippen LogP contribution >= 0.6 is 11.6 Å². The van der Waals surface area contributed by atoms with Crippen LogP contribution in [0.4, 0.5) is 0 Å². The predicted molar refractivity (Wildman–Crippen MR) is 48.8 cm³/mol. The summed E-state index contributed by atoms with van der Waals surface area (Å²) in [5, 5.41) is 8.60. The van der Waals surface area contributed by atoms with Gasteiger partial charge in [0, 0.05) is 11.8 Å². The van der Waals surface area contributed by atoms with Crippen molar-refractivity contribution in [2.75, 3.05) is 5.88 Å². The summed E-state index contributed by atoms with van der Waals surface area (Å²) in [6.45, 7) is 0. The molecule has 0 atom stereocenters. The molecule has 1 aromatic heterocycles. The normalized spacial score (nSPS) is 8.69. The Balaban J connectivity index is 2.98. The smallest absolute Gasteiger partial charge is 0.354 e. The number of carbonyl (C=O) groups is 1. The van der Waals surface area contributed by atoms with E-state index in [0.717, 1.165) is 0 Å². The molecule has 0 spiro atoms. The average Bonchev–Trinajstić information content (AvgIpc) is 2.15. The molecule has 3 nitrogen and oxygen atoms in total. The Morgan fingerprint density at radius 2 is 2.46 bits per heavy atom. The van der Waals surface area contributed by atoms with Crippen LogP contribution in [-0.2, 0) is 0 Å². The summed E-state index contributed by atoms with van der Waals surface area (Å²) in [6, 6.07) is 3.04. The molecule has 1 heterocycles. The van der Waals surface area contributed by atoms with E-state index in [1.165, 1.54) is 12.3 Å².